The van der Waals surface area contributed by atoms with Gasteiger partial charge < -0.3 is 15.2 Å². The van der Waals surface area contributed by atoms with E-state index in [1.54, 1.807) is 0 Å². The molecule has 0 amide bonds. The Kier molecular flexibility index (Phi) is 3.95. The molecule has 106 valence electrons. The number of nitrogens with two attached hydrogens (primary N) is 1. The van der Waals surface area contributed by atoms with Crippen molar-refractivity contribution in [2.75, 3.05) is 13.2 Å². The summed E-state index contributed by atoms with van der Waals surface area (Å²) in [6.07, 6.45) is 5.93. The quantitative estimate of drug-likeness (QED) is 0.840. The molecule has 1 aromatic rings. The summed E-state index contributed by atoms with van der Waals surface area (Å²) in [4.78, 5) is 0. The van der Waals surface area contributed by atoms with Crippen LogP contribution in [0.5, 0.6) is 5.75 Å². The van der Waals surface area contributed by atoms with Gasteiger partial charge in [-0.05, 0) is 37.5 Å². The first kappa shape index (κ1) is 13.5. The molecule has 0 bridgehead atoms. The van der Waals surface area contributed by atoms with Crippen LogP contribution < -0.4 is 10.5 Å². The zero-order chi connectivity index (χ0) is 13.8. The molecule has 2 N–H and O–H groups in total. The first-order valence-electron chi connectivity index (χ1n) is 7.39. The summed E-state index contributed by atoms with van der Waals surface area (Å²) in [6, 6.07) is 7.95. The summed E-state index contributed by atoms with van der Waals surface area (Å²) in [7, 11) is 0. The van der Waals surface area contributed by atoms with Gasteiger partial charge in [0.25, 0.3) is 0 Å². The van der Waals surface area contributed by atoms with Gasteiger partial charge in [-0.2, -0.15) is 0 Å². The maximum absolute atomic E-state index is 6.13. The summed E-state index contributed by atoms with van der Waals surface area (Å²) in [5.41, 5.74) is 6.48. The third-order valence-electron chi connectivity index (χ3n) is 4.18. The Morgan fingerprint density at radius 2 is 2.30 bits per heavy atom. The molecule has 1 heterocycles. The second kappa shape index (κ2) is 5.87. The minimum absolute atomic E-state index is 0.125. The predicted octanol–water partition coefficient (Wildman–Crippen LogP) is 2.48. The molecule has 3 nitrogen and oxygen atoms in total. The van der Waals surface area contributed by atoms with E-state index in [4.69, 9.17) is 15.2 Å². The Balaban J connectivity index is 1.65. The molecule has 1 aliphatic heterocycles. The first-order chi connectivity index (χ1) is 9.80. The van der Waals surface area contributed by atoms with Crippen LogP contribution in [0.1, 0.15) is 37.7 Å². The van der Waals surface area contributed by atoms with Crippen LogP contribution in [0.2, 0.25) is 0 Å². The third-order valence-corrected chi connectivity index (χ3v) is 4.18. The summed E-state index contributed by atoms with van der Waals surface area (Å²) < 4.78 is 12.1. The molecule has 1 unspecified atom stereocenters. The zero-order valence-electron chi connectivity index (χ0n) is 11.7. The highest BCUT2D eigenvalue weighted by Crippen LogP contribution is 2.43. The highest BCUT2D eigenvalue weighted by atomic mass is 16.5. The molecule has 1 aliphatic carbocycles. The van der Waals surface area contributed by atoms with Gasteiger partial charge >= 0.3 is 0 Å². The Labute approximate surface area is 120 Å². The predicted molar refractivity (Wildman–Crippen MR) is 78.6 cm³/mol. The highest BCUT2D eigenvalue weighted by molar-refractivity contribution is 5.40. The average molecular weight is 271 g/mol. The van der Waals surface area contributed by atoms with Crippen molar-refractivity contribution in [2.45, 2.75) is 43.8 Å². The van der Waals surface area contributed by atoms with Crippen LogP contribution in [0.3, 0.4) is 0 Å². The summed E-state index contributed by atoms with van der Waals surface area (Å²) in [5, 5.41) is 0. The van der Waals surface area contributed by atoms with Gasteiger partial charge in [0.1, 0.15) is 11.9 Å². The molecule has 2 fully saturated rings. The van der Waals surface area contributed by atoms with E-state index < -0.39 is 0 Å². The lowest BCUT2D eigenvalue weighted by atomic mass is 9.74. The lowest BCUT2D eigenvalue weighted by Crippen LogP contribution is -2.48. The van der Waals surface area contributed by atoms with Crippen LogP contribution in [-0.4, -0.2) is 24.9 Å². The van der Waals surface area contributed by atoms with Gasteiger partial charge in [-0.15, -0.1) is 0 Å². The van der Waals surface area contributed by atoms with E-state index in [0.717, 1.165) is 30.8 Å². The molecular weight excluding hydrogens is 250 g/mol. The molecule has 1 saturated carbocycles. The van der Waals surface area contributed by atoms with Crippen LogP contribution in [0.4, 0.5) is 0 Å². The van der Waals surface area contributed by atoms with Gasteiger partial charge in [0.15, 0.2) is 0 Å². The van der Waals surface area contributed by atoms with Crippen LogP contribution >= 0.6 is 0 Å². The Morgan fingerprint density at radius 3 is 3.05 bits per heavy atom. The van der Waals surface area contributed by atoms with Gasteiger partial charge in [-0.1, -0.05) is 17.9 Å². The van der Waals surface area contributed by atoms with E-state index in [1.165, 1.54) is 19.3 Å². The lowest BCUT2D eigenvalue weighted by Gasteiger charge is -2.46. The van der Waals surface area contributed by atoms with Crippen molar-refractivity contribution in [1.82, 2.24) is 0 Å². The number of ether oxygens (including phenoxy) is 2. The van der Waals surface area contributed by atoms with E-state index in [-0.39, 0.29) is 11.7 Å². The van der Waals surface area contributed by atoms with Crippen molar-refractivity contribution < 1.29 is 9.47 Å². The fourth-order valence-electron chi connectivity index (χ4n) is 3.00. The molecule has 3 heteroatoms. The minimum Gasteiger partial charge on any atom is -0.490 e. The molecule has 0 radical (unpaired) electrons. The van der Waals surface area contributed by atoms with E-state index in [1.807, 2.05) is 24.3 Å². The normalized spacial score (nSPS) is 23.6. The minimum atomic E-state index is 0.125. The van der Waals surface area contributed by atoms with Crippen LogP contribution in [0, 0.1) is 11.8 Å². The van der Waals surface area contributed by atoms with Gasteiger partial charge in [0.2, 0.25) is 0 Å². The van der Waals surface area contributed by atoms with Gasteiger partial charge in [-0.3, -0.25) is 0 Å². The number of benzene rings is 1. The summed E-state index contributed by atoms with van der Waals surface area (Å²) in [5.74, 6) is 6.81. The molecule has 1 spiro atoms. The average Bonchev–Trinajstić information content (AvgIpc) is 2.44. The lowest BCUT2D eigenvalue weighted by molar-refractivity contribution is -0.153. The number of rotatable bonds is 2. The Hall–Kier alpha value is -1.50. The highest BCUT2D eigenvalue weighted by Gasteiger charge is 2.43. The van der Waals surface area contributed by atoms with Crippen molar-refractivity contribution in [2.24, 2.45) is 5.73 Å². The fourth-order valence-corrected chi connectivity index (χ4v) is 3.00. The van der Waals surface area contributed by atoms with Crippen molar-refractivity contribution in [3.63, 3.8) is 0 Å². The van der Waals surface area contributed by atoms with Crippen LogP contribution in [0.25, 0.3) is 0 Å². The molecule has 1 atom stereocenters. The Bertz CT molecular complexity index is 525. The van der Waals surface area contributed by atoms with Crippen LogP contribution in [-0.2, 0) is 4.74 Å². The number of hydrogen-bond donors (Lipinski definition) is 1. The van der Waals surface area contributed by atoms with E-state index in [2.05, 4.69) is 11.8 Å². The molecule has 20 heavy (non-hydrogen) atoms. The van der Waals surface area contributed by atoms with Crippen molar-refractivity contribution in [3.8, 4) is 17.6 Å². The van der Waals surface area contributed by atoms with Crippen molar-refractivity contribution >= 4 is 0 Å². The van der Waals surface area contributed by atoms with Gasteiger partial charge in [0, 0.05) is 18.4 Å². The SMILES string of the molecule is NCC#Cc1cccc(OC2CCOC3(CCC3)C2)c1. The number of hydrogen-bond acceptors (Lipinski definition) is 3. The van der Waals surface area contributed by atoms with E-state index >= 15 is 0 Å². The third kappa shape index (κ3) is 2.98. The van der Waals surface area contributed by atoms with Gasteiger partial charge in [-0.25, -0.2) is 0 Å². The maximum atomic E-state index is 6.13. The second-order valence-electron chi connectivity index (χ2n) is 5.65. The Morgan fingerprint density at radius 1 is 1.40 bits per heavy atom. The molecule has 1 saturated heterocycles. The van der Waals surface area contributed by atoms with Crippen molar-refractivity contribution in [1.29, 1.82) is 0 Å². The molecule has 0 aromatic heterocycles. The molecular formula is C17H21NO2. The van der Waals surface area contributed by atoms with E-state index in [0.29, 0.717) is 6.54 Å². The van der Waals surface area contributed by atoms with Crippen LogP contribution in [0.15, 0.2) is 24.3 Å². The largest absolute Gasteiger partial charge is 0.490 e. The maximum Gasteiger partial charge on any atom is 0.120 e. The summed E-state index contributed by atoms with van der Waals surface area (Å²) in [6.45, 7) is 1.20. The molecule has 3 rings (SSSR count). The van der Waals surface area contributed by atoms with Gasteiger partial charge in [0.05, 0.1) is 18.8 Å². The second-order valence-corrected chi connectivity index (χ2v) is 5.65. The first-order valence-corrected chi connectivity index (χ1v) is 7.39. The monoisotopic (exact) mass is 271 g/mol. The standard InChI is InChI=1S/C17H21NO2/c18-10-2-5-14-4-1-6-15(12-14)20-16-7-11-19-17(13-16)8-3-9-17/h1,4,6,12,16H,3,7-11,13,18H2. The molecule has 2 aliphatic rings. The fraction of sp³-hybridized carbons (Fsp3) is 0.529. The smallest absolute Gasteiger partial charge is 0.120 e. The molecule has 1 aromatic carbocycles. The topological polar surface area (TPSA) is 44.5 Å². The van der Waals surface area contributed by atoms with E-state index in [9.17, 15) is 0 Å². The zero-order valence-corrected chi connectivity index (χ0v) is 11.7. The summed E-state index contributed by atoms with van der Waals surface area (Å²) >= 11 is 0. The van der Waals surface area contributed by atoms with Crippen molar-refractivity contribution in [3.05, 3.63) is 29.8 Å².